The number of hydrogen-bond donors (Lipinski definition) is 3. The maximum Gasteiger partial charge on any atom is 0.271 e. The molecule has 0 radical (unpaired) electrons. The van der Waals surface area contributed by atoms with Gasteiger partial charge in [0.2, 0.25) is 0 Å². The van der Waals surface area contributed by atoms with Crippen LogP contribution >= 0.6 is 11.3 Å². The first-order valence-corrected chi connectivity index (χ1v) is 6.50. The highest BCUT2D eigenvalue weighted by molar-refractivity contribution is 7.07. The normalized spacial score (nSPS) is 12.1. The van der Waals surface area contributed by atoms with Crippen molar-refractivity contribution in [3.63, 3.8) is 0 Å². The zero-order chi connectivity index (χ0) is 13.8. The van der Waals surface area contributed by atoms with Crippen molar-refractivity contribution in [1.29, 1.82) is 0 Å². The van der Waals surface area contributed by atoms with Gasteiger partial charge in [-0.05, 0) is 28.5 Å². The lowest BCUT2D eigenvalue weighted by Gasteiger charge is -2.13. The molecule has 19 heavy (non-hydrogen) atoms. The predicted molar refractivity (Wildman–Crippen MR) is 75.3 cm³/mol. The first kappa shape index (κ1) is 13.3. The Morgan fingerprint density at radius 2 is 2.26 bits per heavy atom. The van der Waals surface area contributed by atoms with Gasteiger partial charge in [0.1, 0.15) is 0 Å². The lowest BCUT2D eigenvalue weighted by atomic mass is 10.2. The van der Waals surface area contributed by atoms with Crippen LogP contribution in [0.5, 0.6) is 0 Å². The molecular formula is C12H13N3O3S. The molecular weight excluding hydrogens is 266 g/mol. The maximum absolute atomic E-state index is 10.6. The van der Waals surface area contributed by atoms with Crippen LogP contribution in [0.15, 0.2) is 35.0 Å². The molecule has 1 aromatic carbocycles. The maximum atomic E-state index is 10.6. The largest absolute Gasteiger partial charge is 0.397 e. The number of benzene rings is 1. The summed E-state index contributed by atoms with van der Waals surface area (Å²) in [5.74, 6) is 0. The number of nitrogens with one attached hydrogen (secondary N) is 1. The second kappa shape index (κ2) is 5.68. The fraction of sp³-hybridized carbons (Fsp3) is 0.167. The molecule has 0 fully saturated rings. The number of aliphatic hydroxyl groups is 1. The summed E-state index contributed by atoms with van der Waals surface area (Å²) in [7, 11) is 0. The predicted octanol–water partition coefficient (Wildman–Crippen LogP) is 2.38. The molecule has 2 rings (SSSR count). The molecule has 4 N–H and O–H groups in total. The Hall–Kier alpha value is -2.12. The van der Waals surface area contributed by atoms with Gasteiger partial charge in [-0.1, -0.05) is 0 Å². The SMILES string of the molecule is Nc1cc([N+](=O)[O-])ccc1NCC(O)c1ccsc1. The molecule has 0 aliphatic carbocycles. The summed E-state index contributed by atoms with van der Waals surface area (Å²) in [6.07, 6.45) is -0.638. The number of nitrogen functional groups attached to an aromatic ring is 1. The van der Waals surface area contributed by atoms with Crippen LogP contribution < -0.4 is 11.1 Å². The van der Waals surface area contributed by atoms with Crippen LogP contribution in [0.2, 0.25) is 0 Å². The summed E-state index contributed by atoms with van der Waals surface area (Å²) in [4.78, 5) is 10.1. The lowest BCUT2D eigenvalue weighted by molar-refractivity contribution is -0.384. The molecule has 1 aromatic heterocycles. The molecule has 0 amide bonds. The molecule has 0 bridgehead atoms. The van der Waals surface area contributed by atoms with E-state index in [-0.39, 0.29) is 11.4 Å². The van der Waals surface area contributed by atoms with Crippen molar-refractivity contribution in [3.8, 4) is 0 Å². The fourth-order valence-electron chi connectivity index (χ4n) is 1.61. The minimum atomic E-state index is -0.638. The molecule has 0 saturated heterocycles. The van der Waals surface area contributed by atoms with Gasteiger partial charge >= 0.3 is 0 Å². The van der Waals surface area contributed by atoms with E-state index in [1.54, 1.807) is 0 Å². The first-order chi connectivity index (χ1) is 9.08. The van der Waals surface area contributed by atoms with E-state index in [0.29, 0.717) is 12.2 Å². The van der Waals surface area contributed by atoms with E-state index in [4.69, 9.17) is 5.73 Å². The van der Waals surface area contributed by atoms with Crippen LogP contribution in [0.25, 0.3) is 0 Å². The van der Waals surface area contributed by atoms with Gasteiger partial charge in [-0.25, -0.2) is 0 Å². The summed E-state index contributed by atoms with van der Waals surface area (Å²) in [5, 5.41) is 27.2. The number of nitrogens with zero attached hydrogens (tertiary/aromatic N) is 1. The number of anilines is 2. The summed E-state index contributed by atoms with van der Waals surface area (Å²) >= 11 is 1.51. The molecule has 100 valence electrons. The Kier molecular flexibility index (Phi) is 3.98. The Bertz CT molecular complexity index is 572. The number of aliphatic hydroxyl groups excluding tert-OH is 1. The highest BCUT2D eigenvalue weighted by Gasteiger charge is 2.11. The molecule has 0 spiro atoms. The molecule has 1 heterocycles. The van der Waals surface area contributed by atoms with E-state index in [9.17, 15) is 15.2 Å². The van der Waals surface area contributed by atoms with Crippen molar-refractivity contribution in [2.75, 3.05) is 17.6 Å². The second-order valence-electron chi connectivity index (χ2n) is 3.98. The first-order valence-electron chi connectivity index (χ1n) is 5.56. The smallest absolute Gasteiger partial charge is 0.271 e. The monoisotopic (exact) mass is 279 g/mol. The van der Waals surface area contributed by atoms with Gasteiger partial charge in [-0.2, -0.15) is 11.3 Å². The van der Waals surface area contributed by atoms with Crippen molar-refractivity contribution in [3.05, 3.63) is 50.7 Å². The average molecular weight is 279 g/mol. The Morgan fingerprint density at radius 3 is 2.84 bits per heavy atom. The van der Waals surface area contributed by atoms with Crippen molar-refractivity contribution >= 4 is 28.4 Å². The molecule has 0 saturated carbocycles. The third-order valence-electron chi connectivity index (χ3n) is 2.66. The van der Waals surface area contributed by atoms with Gasteiger partial charge in [0.25, 0.3) is 5.69 Å². The van der Waals surface area contributed by atoms with Crippen molar-refractivity contribution in [2.24, 2.45) is 0 Å². The van der Waals surface area contributed by atoms with Gasteiger partial charge < -0.3 is 16.2 Å². The van der Waals surface area contributed by atoms with E-state index >= 15 is 0 Å². The lowest BCUT2D eigenvalue weighted by Crippen LogP contribution is -2.12. The van der Waals surface area contributed by atoms with Crippen LogP contribution in [0, 0.1) is 10.1 Å². The van der Waals surface area contributed by atoms with Crippen LogP contribution in [0.3, 0.4) is 0 Å². The molecule has 0 aliphatic heterocycles. The highest BCUT2D eigenvalue weighted by atomic mass is 32.1. The van der Waals surface area contributed by atoms with Crippen LogP contribution in [-0.2, 0) is 0 Å². The Morgan fingerprint density at radius 1 is 1.47 bits per heavy atom. The minimum absolute atomic E-state index is 0.0542. The van der Waals surface area contributed by atoms with Crippen LogP contribution in [0.1, 0.15) is 11.7 Å². The minimum Gasteiger partial charge on any atom is -0.397 e. The zero-order valence-corrected chi connectivity index (χ0v) is 10.8. The van der Waals surface area contributed by atoms with Crippen molar-refractivity contribution < 1.29 is 10.0 Å². The average Bonchev–Trinajstić information content (AvgIpc) is 2.90. The van der Waals surface area contributed by atoms with Gasteiger partial charge in [0.05, 0.1) is 22.4 Å². The van der Waals surface area contributed by atoms with E-state index in [1.807, 2.05) is 16.8 Å². The molecule has 1 unspecified atom stereocenters. The van der Waals surface area contributed by atoms with Crippen LogP contribution in [-0.4, -0.2) is 16.6 Å². The summed E-state index contributed by atoms with van der Waals surface area (Å²) in [6, 6.07) is 6.04. The summed E-state index contributed by atoms with van der Waals surface area (Å²) < 4.78 is 0. The quantitative estimate of drug-likeness (QED) is 0.443. The number of nitro benzene ring substituents is 1. The van der Waals surface area contributed by atoms with E-state index in [0.717, 1.165) is 5.56 Å². The second-order valence-corrected chi connectivity index (χ2v) is 4.76. The number of hydrogen-bond acceptors (Lipinski definition) is 6. The van der Waals surface area contributed by atoms with Crippen molar-refractivity contribution in [1.82, 2.24) is 0 Å². The van der Waals surface area contributed by atoms with E-state index < -0.39 is 11.0 Å². The number of rotatable bonds is 5. The summed E-state index contributed by atoms with van der Waals surface area (Å²) in [6.45, 7) is 0.290. The summed E-state index contributed by atoms with van der Waals surface area (Å²) in [5.41, 5.74) is 7.35. The van der Waals surface area contributed by atoms with E-state index in [2.05, 4.69) is 5.32 Å². The standard InChI is InChI=1S/C12H13N3O3S/c13-10-5-9(15(17)18)1-2-11(10)14-6-12(16)8-3-4-19-7-8/h1-5,7,12,14,16H,6,13H2. The molecule has 0 aliphatic rings. The molecule has 2 aromatic rings. The van der Waals surface area contributed by atoms with E-state index in [1.165, 1.54) is 29.5 Å². The topological polar surface area (TPSA) is 101 Å². The fourth-order valence-corrected chi connectivity index (χ4v) is 2.32. The van der Waals surface area contributed by atoms with Gasteiger partial charge in [-0.3, -0.25) is 10.1 Å². The molecule has 7 heteroatoms. The molecule has 1 atom stereocenters. The van der Waals surface area contributed by atoms with Gasteiger partial charge in [0, 0.05) is 18.7 Å². The Balaban J connectivity index is 2.02. The highest BCUT2D eigenvalue weighted by Crippen LogP contribution is 2.25. The van der Waals surface area contributed by atoms with Crippen molar-refractivity contribution in [2.45, 2.75) is 6.10 Å². The number of nitro groups is 1. The number of nitrogens with two attached hydrogens (primary N) is 1. The van der Waals surface area contributed by atoms with Gasteiger partial charge in [0.15, 0.2) is 0 Å². The Labute approximate surface area is 113 Å². The number of thiophene rings is 1. The number of non-ortho nitro benzene ring substituents is 1. The van der Waals surface area contributed by atoms with Gasteiger partial charge in [-0.15, -0.1) is 0 Å². The molecule has 6 nitrogen and oxygen atoms in total. The third-order valence-corrected chi connectivity index (χ3v) is 3.36. The zero-order valence-electron chi connectivity index (χ0n) is 9.95. The third kappa shape index (κ3) is 3.21. The van der Waals surface area contributed by atoms with Crippen LogP contribution in [0.4, 0.5) is 17.1 Å².